The summed E-state index contributed by atoms with van der Waals surface area (Å²) in [7, 11) is 0. The molecule has 0 amide bonds. The number of unbranched alkanes of at least 4 members (excludes halogenated alkanes) is 13. The Bertz CT molecular complexity index is 562. The van der Waals surface area contributed by atoms with Crippen LogP contribution in [-0.4, -0.2) is 25.2 Å². The summed E-state index contributed by atoms with van der Waals surface area (Å²) in [5.41, 5.74) is 0. The van der Waals surface area contributed by atoms with Crippen LogP contribution in [0.25, 0.3) is 0 Å². The molecular formula is C31H54O4. The van der Waals surface area contributed by atoms with Crippen molar-refractivity contribution in [2.45, 2.75) is 136 Å². The highest BCUT2D eigenvalue weighted by atomic mass is 16.6. The first-order valence-corrected chi connectivity index (χ1v) is 14.4. The molecule has 0 aromatic rings. The fraction of sp³-hybridized carbons (Fsp3) is 0.742. The third kappa shape index (κ3) is 28.3. The zero-order valence-corrected chi connectivity index (χ0v) is 22.9. The van der Waals surface area contributed by atoms with Crippen LogP contribution in [0.3, 0.4) is 0 Å². The van der Waals surface area contributed by atoms with Gasteiger partial charge in [-0.25, -0.2) is 0 Å². The first kappa shape index (κ1) is 33.2. The van der Waals surface area contributed by atoms with Crippen LogP contribution in [0, 0.1) is 0 Å². The number of allylic oxidation sites excluding steroid dienone is 6. The average Bonchev–Trinajstić information content (AvgIpc) is 2.86. The summed E-state index contributed by atoms with van der Waals surface area (Å²) in [4.78, 5) is 23.5. The molecule has 4 heteroatoms. The third-order valence-electron chi connectivity index (χ3n) is 5.93. The molecule has 0 N–H and O–H groups in total. The third-order valence-corrected chi connectivity index (χ3v) is 5.93. The molecule has 0 aliphatic heterocycles. The summed E-state index contributed by atoms with van der Waals surface area (Å²) in [5.74, 6) is -0.381. The zero-order valence-electron chi connectivity index (χ0n) is 22.9. The Hall–Kier alpha value is -1.84. The normalized spacial score (nSPS) is 11.7. The average molecular weight is 491 g/mol. The monoisotopic (exact) mass is 490 g/mol. The summed E-state index contributed by atoms with van der Waals surface area (Å²) < 4.78 is 10.3. The van der Waals surface area contributed by atoms with Gasteiger partial charge in [-0.3, -0.25) is 9.59 Å². The molecule has 0 aromatic carbocycles. The van der Waals surface area contributed by atoms with Gasteiger partial charge >= 0.3 is 11.9 Å². The van der Waals surface area contributed by atoms with E-state index in [9.17, 15) is 9.59 Å². The second-order valence-electron chi connectivity index (χ2n) is 9.30. The van der Waals surface area contributed by atoms with E-state index in [4.69, 9.17) is 9.47 Å². The van der Waals surface area contributed by atoms with Crippen LogP contribution >= 0.6 is 0 Å². The van der Waals surface area contributed by atoms with Gasteiger partial charge in [0.1, 0.15) is 13.2 Å². The summed E-state index contributed by atoms with van der Waals surface area (Å²) in [6.45, 7) is 4.61. The quantitative estimate of drug-likeness (QED) is 0.0727. The van der Waals surface area contributed by atoms with Crippen molar-refractivity contribution >= 4 is 11.9 Å². The van der Waals surface area contributed by atoms with Gasteiger partial charge in [0.15, 0.2) is 0 Å². The molecule has 0 rings (SSSR count). The number of rotatable bonds is 25. The van der Waals surface area contributed by atoms with Crippen molar-refractivity contribution in [3.63, 3.8) is 0 Å². The van der Waals surface area contributed by atoms with Gasteiger partial charge < -0.3 is 9.47 Å². The molecule has 0 radical (unpaired) electrons. The van der Waals surface area contributed by atoms with Gasteiger partial charge in [-0.1, -0.05) is 94.7 Å². The molecule has 4 nitrogen and oxygen atoms in total. The predicted molar refractivity (Wildman–Crippen MR) is 148 cm³/mol. The van der Waals surface area contributed by atoms with Crippen LogP contribution in [0.1, 0.15) is 136 Å². The van der Waals surface area contributed by atoms with E-state index >= 15 is 0 Å². The number of carbonyl (C=O) groups is 2. The van der Waals surface area contributed by atoms with E-state index in [1.54, 1.807) is 0 Å². The molecule has 202 valence electrons. The molecule has 0 bridgehead atoms. The lowest BCUT2D eigenvalue weighted by molar-refractivity contribution is -0.152. The van der Waals surface area contributed by atoms with Gasteiger partial charge in [-0.15, -0.1) is 0 Å². The molecule has 0 unspecified atom stereocenters. The van der Waals surface area contributed by atoms with Crippen LogP contribution in [0.15, 0.2) is 36.5 Å². The van der Waals surface area contributed by atoms with Gasteiger partial charge in [0.25, 0.3) is 0 Å². The largest absolute Gasteiger partial charge is 0.462 e. The Morgan fingerprint density at radius 2 is 0.971 bits per heavy atom. The highest BCUT2D eigenvalue weighted by molar-refractivity contribution is 5.70. The standard InChI is InChI=1S/C31H54O4/c1-3-5-7-9-11-13-14-15-16-17-18-19-21-23-25-27-31(33)35-29-28-34-30(32)26-24-22-20-12-10-8-6-4-2/h4,6,11,13,15-16H,3,5,7-10,12,14,17-29H2,1-2H3/b6-4+,13-11+,16-15+. The Morgan fingerprint density at radius 1 is 0.543 bits per heavy atom. The van der Waals surface area contributed by atoms with E-state index in [0.717, 1.165) is 57.8 Å². The molecular weight excluding hydrogens is 436 g/mol. The molecule has 0 aromatic heterocycles. The molecule has 0 saturated heterocycles. The lowest BCUT2D eigenvalue weighted by Gasteiger charge is -2.07. The van der Waals surface area contributed by atoms with Crippen LogP contribution < -0.4 is 0 Å². The van der Waals surface area contributed by atoms with E-state index in [1.165, 1.54) is 51.4 Å². The van der Waals surface area contributed by atoms with E-state index < -0.39 is 0 Å². The molecule has 0 aliphatic rings. The Kier molecular flexibility index (Phi) is 26.9. The van der Waals surface area contributed by atoms with E-state index in [2.05, 4.69) is 43.4 Å². The number of carbonyl (C=O) groups excluding carboxylic acids is 2. The van der Waals surface area contributed by atoms with Crippen molar-refractivity contribution in [1.82, 2.24) is 0 Å². The SMILES string of the molecule is C/C=C/CCCCCCCC(=O)OCCOC(=O)CCCCCCC/C=C/C/C=C/CCCCC. The maximum absolute atomic E-state index is 11.8. The Balaban J connectivity index is 3.37. The van der Waals surface area contributed by atoms with E-state index in [0.29, 0.717) is 12.8 Å². The molecule has 0 atom stereocenters. The minimum Gasteiger partial charge on any atom is -0.462 e. The van der Waals surface area contributed by atoms with Gasteiger partial charge in [0.2, 0.25) is 0 Å². The molecule has 0 spiro atoms. The minimum absolute atomic E-state index is 0.162. The summed E-state index contributed by atoms with van der Waals surface area (Å²) in [6.07, 6.45) is 33.8. The van der Waals surface area contributed by atoms with Crippen LogP contribution in [0.4, 0.5) is 0 Å². The van der Waals surface area contributed by atoms with Gasteiger partial charge in [0, 0.05) is 12.8 Å². The first-order chi connectivity index (χ1) is 17.2. The van der Waals surface area contributed by atoms with Crippen molar-refractivity contribution in [2.24, 2.45) is 0 Å². The summed E-state index contributed by atoms with van der Waals surface area (Å²) in [5, 5.41) is 0. The summed E-state index contributed by atoms with van der Waals surface area (Å²) in [6, 6.07) is 0. The fourth-order valence-corrected chi connectivity index (χ4v) is 3.76. The van der Waals surface area contributed by atoms with E-state index in [-0.39, 0.29) is 25.2 Å². The number of hydrogen-bond acceptors (Lipinski definition) is 4. The second kappa shape index (κ2) is 28.4. The maximum Gasteiger partial charge on any atom is 0.305 e. The van der Waals surface area contributed by atoms with Crippen molar-refractivity contribution < 1.29 is 19.1 Å². The van der Waals surface area contributed by atoms with E-state index in [1.807, 2.05) is 6.92 Å². The van der Waals surface area contributed by atoms with Gasteiger partial charge in [0.05, 0.1) is 0 Å². The lowest BCUT2D eigenvalue weighted by Crippen LogP contribution is -2.13. The predicted octanol–water partition coefficient (Wildman–Crippen LogP) is 9.19. The first-order valence-electron chi connectivity index (χ1n) is 14.4. The van der Waals surface area contributed by atoms with Gasteiger partial charge in [-0.2, -0.15) is 0 Å². The van der Waals surface area contributed by atoms with Crippen molar-refractivity contribution in [2.75, 3.05) is 13.2 Å². The number of ether oxygens (including phenoxy) is 2. The lowest BCUT2D eigenvalue weighted by atomic mass is 10.1. The molecule has 35 heavy (non-hydrogen) atoms. The van der Waals surface area contributed by atoms with Crippen molar-refractivity contribution in [3.8, 4) is 0 Å². The number of esters is 2. The van der Waals surface area contributed by atoms with Crippen LogP contribution in [0.5, 0.6) is 0 Å². The highest BCUT2D eigenvalue weighted by Crippen LogP contribution is 2.10. The van der Waals surface area contributed by atoms with Crippen LogP contribution in [0.2, 0.25) is 0 Å². The fourth-order valence-electron chi connectivity index (χ4n) is 3.76. The minimum atomic E-state index is -0.191. The Morgan fingerprint density at radius 3 is 1.46 bits per heavy atom. The maximum atomic E-state index is 11.8. The van der Waals surface area contributed by atoms with Gasteiger partial charge in [-0.05, 0) is 64.7 Å². The molecule has 0 fully saturated rings. The van der Waals surface area contributed by atoms with Crippen LogP contribution in [-0.2, 0) is 19.1 Å². The zero-order chi connectivity index (χ0) is 25.7. The molecule has 0 aliphatic carbocycles. The molecule has 0 heterocycles. The Labute approximate surface area is 216 Å². The van der Waals surface area contributed by atoms with Crippen molar-refractivity contribution in [1.29, 1.82) is 0 Å². The number of hydrogen-bond donors (Lipinski definition) is 0. The summed E-state index contributed by atoms with van der Waals surface area (Å²) >= 11 is 0. The highest BCUT2D eigenvalue weighted by Gasteiger charge is 2.05. The molecule has 0 saturated carbocycles. The smallest absolute Gasteiger partial charge is 0.305 e. The topological polar surface area (TPSA) is 52.6 Å². The van der Waals surface area contributed by atoms with Crippen molar-refractivity contribution in [3.05, 3.63) is 36.5 Å². The second-order valence-corrected chi connectivity index (χ2v) is 9.30.